The highest BCUT2D eigenvalue weighted by atomic mass is 127. The number of hydrogen-bond acceptors (Lipinski definition) is 6. The number of carbonyl (C=O) groups is 1. The summed E-state index contributed by atoms with van der Waals surface area (Å²) < 4.78 is 48.3. The number of ether oxygens (including phenoxy) is 1. The lowest BCUT2D eigenvalue weighted by molar-refractivity contribution is -0.101. The summed E-state index contributed by atoms with van der Waals surface area (Å²) in [7, 11) is 0. The van der Waals surface area contributed by atoms with Gasteiger partial charge in [-0.15, -0.1) is 0 Å². The smallest absolute Gasteiger partial charge is 0.256 e. The molecule has 1 aliphatic heterocycles. The summed E-state index contributed by atoms with van der Waals surface area (Å²) >= 11 is 1.90. The monoisotopic (exact) mass is 566 g/mol. The Morgan fingerprint density at radius 2 is 1.94 bits per heavy atom. The lowest BCUT2D eigenvalue weighted by Crippen LogP contribution is -2.63. The Morgan fingerprint density at radius 1 is 1.22 bits per heavy atom. The Morgan fingerprint density at radius 3 is 2.59 bits per heavy atom. The number of rotatable bonds is 9. The summed E-state index contributed by atoms with van der Waals surface area (Å²) in [6, 6.07) is 6.04. The first-order valence-corrected chi connectivity index (χ1v) is 10.8. The van der Waals surface area contributed by atoms with Crippen LogP contribution in [0, 0.1) is 21.0 Å². The van der Waals surface area contributed by atoms with Crippen molar-refractivity contribution in [3.63, 3.8) is 0 Å². The van der Waals surface area contributed by atoms with Crippen LogP contribution >= 0.6 is 22.6 Å². The molecule has 0 saturated carbocycles. The van der Waals surface area contributed by atoms with E-state index in [0.717, 1.165) is 12.1 Å². The number of amides is 1. The maximum Gasteiger partial charge on any atom is 0.256 e. The van der Waals surface area contributed by atoms with Crippen LogP contribution in [-0.2, 0) is 4.74 Å². The highest BCUT2D eigenvalue weighted by Crippen LogP contribution is 2.32. The molecule has 0 aliphatic carbocycles. The first kappa shape index (κ1) is 24.7. The van der Waals surface area contributed by atoms with Crippen LogP contribution in [0.3, 0.4) is 0 Å². The van der Waals surface area contributed by atoms with Gasteiger partial charge in [-0.2, -0.15) is 0 Å². The topological polar surface area (TPSA) is 102 Å². The summed E-state index contributed by atoms with van der Waals surface area (Å²) in [5.41, 5.74) is -2.04. The van der Waals surface area contributed by atoms with Crippen LogP contribution in [0.1, 0.15) is 16.8 Å². The number of likely N-dealkylation sites (tertiary alicyclic amines) is 1. The predicted octanol–water partition coefficient (Wildman–Crippen LogP) is 2.40. The van der Waals surface area contributed by atoms with Gasteiger partial charge in [0, 0.05) is 16.6 Å². The minimum absolute atomic E-state index is 0.0614. The normalized spacial score (nSPS) is 15.9. The van der Waals surface area contributed by atoms with Gasteiger partial charge in [-0.25, -0.2) is 13.2 Å². The van der Waals surface area contributed by atoms with Crippen LogP contribution in [0.2, 0.25) is 0 Å². The molecule has 2 aromatic rings. The molecule has 32 heavy (non-hydrogen) atoms. The standard InChI is InChI=1S/C21H22F3IN2O5/c22-15-3-2-14(19(18(15)24)26-17-4-1-12(25)7-16(17)23)20(30)27-10-21(31,11-27)5-6-32-9-13(29)8-28/h1-4,7,13,26,28-29,31H,5-6,8-11H2. The second-order valence-corrected chi connectivity index (χ2v) is 8.83. The van der Waals surface area contributed by atoms with Gasteiger partial charge in [0.2, 0.25) is 0 Å². The molecule has 7 nitrogen and oxygen atoms in total. The molecule has 1 amide bonds. The molecule has 174 valence electrons. The molecule has 0 spiro atoms. The number of halogens is 4. The van der Waals surface area contributed by atoms with E-state index in [0.29, 0.717) is 3.57 Å². The van der Waals surface area contributed by atoms with Crippen LogP contribution in [0.25, 0.3) is 0 Å². The number of β-amino-alcohol motifs (C(OH)–C–C–N with tert-alkyl or cyclic N) is 1. The van der Waals surface area contributed by atoms with Crippen molar-refractivity contribution in [1.29, 1.82) is 0 Å². The maximum absolute atomic E-state index is 14.5. The number of benzene rings is 2. The van der Waals surface area contributed by atoms with Crippen LogP contribution in [-0.4, -0.2) is 70.7 Å². The summed E-state index contributed by atoms with van der Waals surface area (Å²) in [6.07, 6.45) is -0.840. The summed E-state index contributed by atoms with van der Waals surface area (Å²) in [5.74, 6) is -3.86. The van der Waals surface area contributed by atoms with Crippen molar-refractivity contribution in [2.75, 3.05) is 38.2 Å². The molecular weight excluding hydrogens is 544 g/mol. The van der Waals surface area contributed by atoms with Crippen molar-refractivity contribution in [1.82, 2.24) is 4.90 Å². The van der Waals surface area contributed by atoms with E-state index in [9.17, 15) is 28.2 Å². The summed E-state index contributed by atoms with van der Waals surface area (Å²) in [6.45, 7) is -0.556. The third-order valence-electron chi connectivity index (χ3n) is 5.01. The zero-order chi connectivity index (χ0) is 23.5. The number of aliphatic hydroxyl groups excluding tert-OH is 2. The molecule has 0 aromatic heterocycles. The fraction of sp³-hybridized carbons (Fsp3) is 0.381. The molecule has 2 aromatic carbocycles. The first-order chi connectivity index (χ1) is 15.1. The van der Waals surface area contributed by atoms with E-state index in [1.807, 2.05) is 22.6 Å². The van der Waals surface area contributed by atoms with Crippen LogP contribution in [0.15, 0.2) is 30.3 Å². The van der Waals surface area contributed by atoms with Gasteiger partial charge in [-0.1, -0.05) is 0 Å². The minimum Gasteiger partial charge on any atom is -0.394 e. The molecular formula is C21H22F3IN2O5. The van der Waals surface area contributed by atoms with Crippen molar-refractivity contribution >= 4 is 39.9 Å². The van der Waals surface area contributed by atoms with Crippen molar-refractivity contribution in [3.05, 3.63) is 56.9 Å². The van der Waals surface area contributed by atoms with Crippen LogP contribution in [0.4, 0.5) is 24.5 Å². The van der Waals surface area contributed by atoms with Gasteiger partial charge in [-0.3, -0.25) is 4.79 Å². The molecule has 1 atom stereocenters. The number of hydrogen-bond donors (Lipinski definition) is 4. The lowest BCUT2D eigenvalue weighted by atomic mass is 9.90. The zero-order valence-electron chi connectivity index (χ0n) is 16.8. The van der Waals surface area contributed by atoms with Crippen molar-refractivity contribution in [3.8, 4) is 0 Å². The van der Waals surface area contributed by atoms with Gasteiger partial charge >= 0.3 is 0 Å². The first-order valence-electron chi connectivity index (χ1n) is 9.72. The van der Waals surface area contributed by atoms with Gasteiger partial charge in [-0.05, 0) is 52.9 Å². The van der Waals surface area contributed by atoms with E-state index in [2.05, 4.69) is 5.32 Å². The Balaban J connectivity index is 1.69. The van der Waals surface area contributed by atoms with E-state index < -0.39 is 47.4 Å². The van der Waals surface area contributed by atoms with Crippen molar-refractivity contribution in [2.24, 2.45) is 0 Å². The van der Waals surface area contributed by atoms with E-state index in [-0.39, 0.29) is 44.0 Å². The average Bonchev–Trinajstić information content (AvgIpc) is 2.73. The van der Waals surface area contributed by atoms with Gasteiger partial charge in [0.05, 0.1) is 43.2 Å². The molecule has 3 rings (SSSR count). The van der Waals surface area contributed by atoms with Crippen molar-refractivity contribution < 1.29 is 38.0 Å². The molecule has 1 aliphatic rings. The van der Waals surface area contributed by atoms with E-state index >= 15 is 0 Å². The minimum atomic E-state index is -1.32. The van der Waals surface area contributed by atoms with Crippen LogP contribution < -0.4 is 5.32 Å². The SMILES string of the molecule is O=C(c1ccc(F)c(F)c1Nc1ccc(I)cc1F)N1CC(O)(CCOCC(O)CO)C1. The van der Waals surface area contributed by atoms with E-state index in [1.54, 1.807) is 6.07 Å². The number of nitrogens with one attached hydrogen (secondary N) is 1. The third kappa shape index (κ3) is 5.70. The van der Waals surface area contributed by atoms with Crippen LogP contribution in [0.5, 0.6) is 0 Å². The molecule has 11 heteroatoms. The molecule has 4 N–H and O–H groups in total. The molecule has 0 bridgehead atoms. The van der Waals surface area contributed by atoms with Gasteiger partial charge in [0.25, 0.3) is 5.91 Å². The summed E-state index contributed by atoms with van der Waals surface area (Å²) in [5, 5.41) is 30.9. The van der Waals surface area contributed by atoms with Gasteiger partial charge in [0.1, 0.15) is 17.5 Å². The average molecular weight is 566 g/mol. The largest absolute Gasteiger partial charge is 0.394 e. The fourth-order valence-corrected chi connectivity index (χ4v) is 3.70. The van der Waals surface area contributed by atoms with Gasteiger partial charge < -0.3 is 30.3 Å². The highest BCUT2D eigenvalue weighted by molar-refractivity contribution is 14.1. The molecule has 1 heterocycles. The number of carbonyl (C=O) groups excluding carboxylic acids is 1. The van der Waals surface area contributed by atoms with E-state index in [4.69, 9.17) is 9.84 Å². The second-order valence-electron chi connectivity index (χ2n) is 7.58. The highest BCUT2D eigenvalue weighted by Gasteiger charge is 2.44. The number of nitrogens with zero attached hydrogens (tertiary/aromatic N) is 1. The number of anilines is 2. The zero-order valence-corrected chi connectivity index (χ0v) is 19.0. The Kier molecular flexibility index (Phi) is 7.98. The van der Waals surface area contributed by atoms with Gasteiger partial charge in [0.15, 0.2) is 11.6 Å². The summed E-state index contributed by atoms with van der Waals surface area (Å²) in [4.78, 5) is 14.1. The number of aliphatic hydroxyl groups is 3. The maximum atomic E-state index is 14.5. The molecule has 1 unspecified atom stereocenters. The predicted molar refractivity (Wildman–Crippen MR) is 118 cm³/mol. The lowest BCUT2D eigenvalue weighted by Gasteiger charge is -2.46. The molecule has 1 saturated heterocycles. The Hall–Kier alpha value is -1.93. The van der Waals surface area contributed by atoms with E-state index in [1.165, 1.54) is 17.0 Å². The quantitative estimate of drug-likeness (QED) is 0.275. The second kappa shape index (κ2) is 10.3. The Bertz CT molecular complexity index is 988. The van der Waals surface area contributed by atoms with Crippen molar-refractivity contribution in [2.45, 2.75) is 18.1 Å². The fourth-order valence-electron chi connectivity index (χ4n) is 3.25. The Labute approximate surface area is 195 Å². The molecule has 0 radical (unpaired) electrons. The third-order valence-corrected chi connectivity index (χ3v) is 5.68. The molecule has 1 fully saturated rings.